The molecule has 0 bridgehead atoms. The summed E-state index contributed by atoms with van der Waals surface area (Å²) in [5.41, 5.74) is 1.01. The summed E-state index contributed by atoms with van der Waals surface area (Å²) >= 11 is 0. The zero-order valence-corrected chi connectivity index (χ0v) is 13.5. The summed E-state index contributed by atoms with van der Waals surface area (Å²) in [5.74, 6) is -0.668. The Bertz CT molecular complexity index is 704. The maximum atomic E-state index is 13.8. The normalized spacial score (nSPS) is 17.2. The molecule has 0 N–H and O–H groups in total. The molecule has 1 atom stereocenters. The second kappa shape index (κ2) is 7.44. The van der Waals surface area contributed by atoms with Crippen molar-refractivity contribution in [1.29, 1.82) is 0 Å². The summed E-state index contributed by atoms with van der Waals surface area (Å²) in [7, 11) is 0. The molecule has 24 heavy (non-hydrogen) atoms. The van der Waals surface area contributed by atoms with E-state index in [1.54, 1.807) is 4.90 Å². The van der Waals surface area contributed by atoms with Gasteiger partial charge in [-0.1, -0.05) is 0 Å². The van der Waals surface area contributed by atoms with Crippen molar-refractivity contribution in [2.75, 3.05) is 19.8 Å². The third-order valence-electron chi connectivity index (χ3n) is 3.89. The molecule has 2 aromatic rings. The predicted molar refractivity (Wildman–Crippen MR) is 85.0 cm³/mol. The quantitative estimate of drug-likeness (QED) is 0.838. The number of hydrogen-bond acceptors (Lipinski definition) is 4. The standard InChI is InChI=1S/C17H20FN3O3/c1-2-23-12-16(22)21-9-13-5-4-8-20(13)10-14(11-21)24-17-15(18)6-3-7-19-17/h3-8,14H,2,9-12H2,1H3. The highest BCUT2D eigenvalue weighted by molar-refractivity contribution is 5.77. The van der Waals surface area contributed by atoms with Crippen LogP contribution in [0.4, 0.5) is 4.39 Å². The van der Waals surface area contributed by atoms with Gasteiger partial charge < -0.3 is 18.9 Å². The molecule has 128 valence electrons. The van der Waals surface area contributed by atoms with Gasteiger partial charge in [-0.05, 0) is 31.2 Å². The van der Waals surface area contributed by atoms with Crippen molar-refractivity contribution < 1.29 is 18.7 Å². The first kappa shape index (κ1) is 16.4. The summed E-state index contributed by atoms with van der Waals surface area (Å²) in [6.07, 6.45) is 3.01. The number of carbonyl (C=O) groups excluding carboxylic acids is 1. The van der Waals surface area contributed by atoms with Gasteiger partial charge >= 0.3 is 0 Å². The Kier molecular flexibility index (Phi) is 5.10. The minimum absolute atomic E-state index is 0.0296. The topological polar surface area (TPSA) is 56.6 Å². The lowest BCUT2D eigenvalue weighted by Crippen LogP contribution is -2.40. The maximum Gasteiger partial charge on any atom is 0.250 e. The van der Waals surface area contributed by atoms with Crippen LogP contribution < -0.4 is 4.74 Å². The van der Waals surface area contributed by atoms with E-state index in [4.69, 9.17) is 9.47 Å². The van der Waals surface area contributed by atoms with Crippen molar-refractivity contribution in [3.63, 3.8) is 0 Å². The van der Waals surface area contributed by atoms with Gasteiger partial charge in [0.2, 0.25) is 5.91 Å². The van der Waals surface area contributed by atoms with Crippen molar-refractivity contribution >= 4 is 5.91 Å². The lowest BCUT2D eigenvalue weighted by atomic mass is 10.3. The van der Waals surface area contributed by atoms with Gasteiger partial charge in [0.1, 0.15) is 12.7 Å². The average molecular weight is 333 g/mol. The fourth-order valence-corrected chi connectivity index (χ4v) is 2.72. The number of hydrogen-bond donors (Lipinski definition) is 0. The molecule has 2 aromatic heterocycles. The third-order valence-corrected chi connectivity index (χ3v) is 3.89. The Morgan fingerprint density at radius 3 is 3.04 bits per heavy atom. The monoisotopic (exact) mass is 333 g/mol. The number of carbonyl (C=O) groups is 1. The molecule has 0 spiro atoms. The van der Waals surface area contributed by atoms with Crippen molar-refractivity contribution in [2.24, 2.45) is 0 Å². The van der Waals surface area contributed by atoms with E-state index >= 15 is 0 Å². The number of aromatic nitrogens is 2. The fourth-order valence-electron chi connectivity index (χ4n) is 2.72. The van der Waals surface area contributed by atoms with Crippen LogP contribution in [0.25, 0.3) is 0 Å². The van der Waals surface area contributed by atoms with Gasteiger partial charge in [0.05, 0.1) is 19.6 Å². The van der Waals surface area contributed by atoms with Crippen LogP contribution in [0.2, 0.25) is 0 Å². The van der Waals surface area contributed by atoms with E-state index in [0.29, 0.717) is 26.2 Å². The second-order valence-corrected chi connectivity index (χ2v) is 5.59. The molecular formula is C17H20FN3O3. The third kappa shape index (κ3) is 3.73. The molecule has 3 rings (SSSR count). The van der Waals surface area contributed by atoms with E-state index in [1.807, 2.05) is 29.8 Å². The van der Waals surface area contributed by atoms with E-state index in [-0.39, 0.29) is 18.4 Å². The number of nitrogens with zero attached hydrogens (tertiary/aromatic N) is 3. The molecule has 0 radical (unpaired) electrons. The Labute approximate surface area is 139 Å². The summed E-state index contributed by atoms with van der Waals surface area (Å²) in [5, 5.41) is 0. The molecule has 1 amide bonds. The van der Waals surface area contributed by atoms with E-state index in [2.05, 4.69) is 4.98 Å². The first-order chi connectivity index (χ1) is 11.7. The highest BCUT2D eigenvalue weighted by Gasteiger charge is 2.26. The molecule has 6 nitrogen and oxygen atoms in total. The molecule has 0 fully saturated rings. The second-order valence-electron chi connectivity index (χ2n) is 5.59. The molecule has 1 aliphatic rings. The average Bonchev–Trinajstić information content (AvgIpc) is 2.93. The van der Waals surface area contributed by atoms with Crippen molar-refractivity contribution in [3.05, 3.63) is 48.2 Å². The van der Waals surface area contributed by atoms with E-state index in [1.165, 1.54) is 18.3 Å². The van der Waals surface area contributed by atoms with Crippen LogP contribution in [0.15, 0.2) is 36.7 Å². The lowest BCUT2D eigenvalue weighted by Gasteiger charge is -2.24. The van der Waals surface area contributed by atoms with Crippen LogP contribution in [0.3, 0.4) is 0 Å². The SMILES string of the molecule is CCOCC(=O)N1Cc2cccn2CC(Oc2ncccc2F)C1. The van der Waals surface area contributed by atoms with E-state index < -0.39 is 11.9 Å². The number of fused-ring (bicyclic) bond motifs is 1. The van der Waals surface area contributed by atoms with Crippen LogP contribution in [0.1, 0.15) is 12.6 Å². The Balaban J connectivity index is 1.78. The summed E-state index contributed by atoms with van der Waals surface area (Å²) in [4.78, 5) is 18.0. The minimum Gasteiger partial charge on any atom is -0.468 e. The van der Waals surface area contributed by atoms with Gasteiger partial charge in [0, 0.05) is 24.7 Å². The zero-order valence-electron chi connectivity index (χ0n) is 13.5. The number of amides is 1. The fraction of sp³-hybridized carbons (Fsp3) is 0.412. The Morgan fingerprint density at radius 2 is 2.25 bits per heavy atom. The Morgan fingerprint density at radius 1 is 1.38 bits per heavy atom. The van der Waals surface area contributed by atoms with E-state index in [9.17, 15) is 9.18 Å². The summed E-state index contributed by atoms with van der Waals surface area (Å²) < 4.78 is 26.8. The van der Waals surface area contributed by atoms with Gasteiger partial charge in [0.15, 0.2) is 5.82 Å². The Hall–Kier alpha value is -2.41. The van der Waals surface area contributed by atoms with Crippen LogP contribution in [-0.4, -0.2) is 46.2 Å². The van der Waals surface area contributed by atoms with Gasteiger partial charge in [-0.2, -0.15) is 0 Å². The summed E-state index contributed by atoms with van der Waals surface area (Å²) in [6, 6.07) is 6.70. The molecule has 0 aromatic carbocycles. The number of rotatable bonds is 5. The summed E-state index contributed by atoms with van der Waals surface area (Å²) in [6.45, 7) is 3.71. The molecule has 3 heterocycles. The first-order valence-electron chi connectivity index (χ1n) is 7.94. The largest absolute Gasteiger partial charge is 0.468 e. The highest BCUT2D eigenvalue weighted by atomic mass is 19.1. The molecule has 1 unspecified atom stereocenters. The maximum absolute atomic E-state index is 13.8. The number of halogens is 1. The van der Waals surface area contributed by atoms with E-state index in [0.717, 1.165) is 5.69 Å². The van der Waals surface area contributed by atoms with Crippen molar-refractivity contribution in [1.82, 2.24) is 14.5 Å². The van der Waals surface area contributed by atoms with Gasteiger partial charge in [-0.15, -0.1) is 0 Å². The van der Waals surface area contributed by atoms with Gasteiger partial charge in [-0.25, -0.2) is 9.37 Å². The lowest BCUT2D eigenvalue weighted by molar-refractivity contribution is -0.137. The first-order valence-corrected chi connectivity index (χ1v) is 7.94. The van der Waals surface area contributed by atoms with Crippen LogP contribution in [0, 0.1) is 5.82 Å². The molecule has 7 heteroatoms. The number of pyridine rings is 1. The predicted octanol–water partition coefficient (Wildman–Crippen LogP) is 1.85. The van der Waals surface area contributed by atoms with Crippen LogP contribution in [-0.2, 0) is 22.6 Å². The van der Waals surface area contributed by atoms with Crippen LogP contribution in [0.5, 0.6) is 5.88 Å². The smallest absolute Gasteiger partial charge is 0.250 e. The molecule has 0 saturated carbocycles. The van der Waals surface area contributed by atoms with Crippen LogP contribution >= 0.6 is 0 Å². The molecule has 0 aliphatic carbocycles. The minimum atomic E-state index is -0.512. The van der Waals surface area contributed by atoms with Crippen molar-refractivity contribution in [3.8, 4) is 5.88 Å². The van der Waals surface area contributed by atoms with Crippen molar-refractivity contribution in [2.45, 2.75) is 26.1 Å². The zero-order chi connectivity index (χ0) is 16.9. The van der Waals surface area contributed by atoms with Gasteiger partial charge in [-0.3, -0.25) is 4.79 Å². The number of ether oxygens (including phenoxy) is 2. The highest BCUT2D eigenvalue weighted by Crippen LogP contribution is 2.19. The van der Waals surface area contributed by atoms with Gasteiger partial charge in [0.25, 0.3) is 5.88 Å². The molecule has 1 aliphatic heterocycles. The molecule has 0 saturated heterocycles. The molecular weight excluding hydrogens is 313 g/mol.